The van der Waals surface area contributed by atoms with Gasteiger partial charge in [0.2, 0.25) is 10.0 Å². The highest BCUT2D eigenvalue weighted by molar-refractivity contribution is 7.98. The predicted molar refractivity (Wildman–Crippen MR) is 118 cm³/mol. The maximum Gasteiger partial charge on any atom is 0.253 e. The lowest BCUT2D eigenvalue weighted by Crippen LogP contribution is -2.32. The average molecular weight is 453 g/mol. The molecule has 3 rings (SSSR count). The summed E-state index contributed by atoms with van der Waals surface area (Å²) in [5.41, 5.74) is 1.13. The molecule has 1 fully saturated rings. The topological polar surface area (TPSA) is 66.5 Å². The molecule has 0 saturated carbocycles. The minimum Gasteiger partial charge on any atom is -0.348 e. The van der Waals surface area contributed by atoms with Gasteiger partial charge in [0.25, 0.3) is 5.91 Å². The van der Waals surface area contributed by atoms with Crippen LogP contribution in [0.2, 0.25) is 5.02 Å². The van der Waals surface area contributed by atoms with Crippen molar-refractivity contribution in [3.05, 3.63) is 58.6 Å². The molecule has 1 N–H and O–H groups in total. The van der Waals surface area contributed by atoms with Crippen molar-refractivity contribution in [1.82, 2.24) is 9.62 Å². The molecule has 1 aliphatic rings. The second-order valence-electron chi connectivity index (χ2n) is 6.99. The lowest BCUT2D eigenvalue weighted by Gasteiger charge is -2.20. The van der Waals surface area contributed by atoms with Crippen molar-refractivity contribution >= 4 is 39.3 Å². The van der Waals surface area contributed by atoms with E-state index >= 15 is 0 Å². The molecule has 0 spiro atoms. The van der Waals surface area contributed by atoms with E-state index in [0.29, 0.717) is 19.6 Å². The first-order valence-electron chi connectivity index (χ1n) is 9.62. The normalized spacial score (nSPS) is 15.7. The summed E-state index contributed by atoms with van der Waals surface area (Å²) in [6.07, 6.45) is 5.80. The molecule has 2 aromatic carbocycles. The first-order valence-corrected chi connectivity index (χ1v) is 12.7. The molecule has 1 heterocycles. The van der Waals surface area contributed by atoms with E-state index in [1.807, 2.05) is 30.5 Å². The summed E-state index contributed by atoms with van der Waals surface area (Å²) in [4.78, 5) is 13.9. The molecule has 2 aromatic rings. The highest BCUT2D eigenvalue weighted by Gasteiger charge is 2.26. The minimum absolute atomic E-state index is 0.110. The van der Waals surface area contributed by atoms with E-state index in [9.17, 15) is 13.2 Å². The Morgan fingerprint density at radius 2 is 1.72 bits per heavy atom. The number of thioether (sulfide) groups is 1. The number of carbonyl (C=O) groups excluding carboxylic acids is 1. The highest BCUT2D eigenvalue weighted by Crippen LogP contribution is 2.25. The zero-order chi connectivity index (χ0) is 20.9. The number of nitrogens with zero attached hydrogens (tertiary/aromatic N) is 1. The molecule has 0 aliphatic carbocycles. The number of benzene rings is 2. The van der Waals surface area contributed by atoms with Crippen molar-refractivity contribution in [2.45, 2.75) is 42.0 Å². The third kappa shape index (κ3) is 5.54. The number of halogens is 1. The van der Waals surface area contributed by atoms with Crippen molar-refractivity contribution in [2.24, 2.45) is 0 Å². The van der Waals surface area contributed by atoms with Crippen LogP contribution in [0.5, 0.6) is 0 Å². The fraction of sp³-hybridized carbons (Fsp3) is 0.381. The lowest BCUT2D eigenvalue weighted by atomic mass is 10.2. The highest BCUT2D eigenvalue weighted by atomic mass is 35.5. The number of hydrogen-bond donors (Lipinski definition) is 1. The van der Waals surface area contributed by atoms with Crippen LogP contribution in [0.3, 0.4) is 0 Å². The average Bonchev–Trinajstić information content (AvgIpc) is 3.03. The summed E-state index contributed by atoms with van der Waals surface area (Å²) in [7, 11) is -3.64. The predicted octanol–water partition coefficient (Wildman–Crippen LogP) is 4.56. The molecular weight excluding hydrogens is 428 g/mol. The van der Waals surface area contributed by atoms with Gasteiger partial charge in [0, 0.05) is 24.5 Å². The number of rotatable bonds is 6. The zero-order valence-corrected chi connectivity index (χ0v) is 18.7. The van der Waals surface area contributed by atoms with Gasteiger partial charge in [-0.3, -0.25) is 4.79 Å². The molecule has 0 bridgehead atoms. The molecule has 5 nitrogen and oxygen atoms in total. The molecule has 1 amide bonds. The van der Waals surface area contributed by atoms with Crippen LogP contribution < -0.4 is 5.32 Å². The summed E-state index contributed by atoms with van der Waals surface area (Å²) in [5, 5.41) is 3.05. The van der Waals surface area contributed by atoms with Crippen molar-refractivity contribution in [3.8, 4) is 0 Å². The van der Waals surface area contributed by atoms with Crippen LogP contribution >= 0.6 is 23.4 Å². The molecule has 1 aliphatic heterocycles. The Labute approximate surface area is 181 Å². The molecule has 0 aromatic heterocycles. The molecule has 29 heavy (non-hydrogen) atoms. The van der Waals surface area contributed by atoms with Crippen molar-refractivity contribution in [3.63, 3.8) is 0 Å². The van der Waals surface area contributed by atoms with Crippen molar-refractivity contribution in [2.75, 3.05) is 19.3 Å². The maximum absolute atomic E-state index is 13.0. The quantitative estimate of drug-likeness (QED) is 0.652. The summed E-state index contributed by atoms with van der Waals surface area (Å²) in [6, 6.07) is 12.2. The van der Waals surface area contributed by atoms with Gasteiger partial charge in [-0.2, -0.15) is 4.31 Å². The second kappa shape index (κ2) is 9.98. The molecule has 0 radical (unpaired) electrons. The molecule has 1 saturated heterocycles. The maximum atomic E-state index is 13.0. The van der Waals surface area contributed by atoms with E-state index in [1.54, 1.807) is 11.8 Å². The summed E-state index contributed by atoms with van der Waals surface area (Å²) in [5.74, 6) is -0.392. The van der Waals surface area contributed by atoms with Crippen LogP contribution in [0.15, 0.2) is 52.3 Å². The lowest BCUT2D eigenvalue weighted by molar-refractivity contribution is 0.0951. The van der Waals surface area contributed by atoms with Crippen LogP contribution in [-0.2, 0) is 16.6 Å². The largest absolute Gasteiger partial charge is 0.348 e. The molecule has 156 valence electrons. The first-order chi connectivity index (χ1) is 13.9. The van der Waals surface area contributed by atoms with Gasteiger partial charge in [0.1, 0.15) is 0 Å². The van der Waals surface area contributed by atoms with Gasteiger partial charge in [-0.15, -0.1) is 11.8 Å². The van der Waals surface area contributed by atoms with Gasteiger partial charge >= 0.3 is 0 Å². The fourth-order valence-corrected chi connectivity index (χ4v) is 5.45. The van der Waals surface area contributed by atoms with E-state index in [-0.39, 0.29) is 15.5 Å². The molecule has 8 heteroatoms. The van der Waals surface area contributed by atoms with Crippen LogP contribution in [0, 0.1) is 0 Å². The van der Waals surface area contributed by atoms with Gasteiger partial charge in [0.15, 0.2) is 0 Å². The minimum atomic E-state index is -3.64. The number of hydrogen-bond acceptors (Lipinski definition) is 4. The van der Waals surface area contributed by atoms with Gasteiger partial charge in [0.05, 0.1) is 15.5 Å². The third-order valence-electron chi connectivity index (χ3n) is 5.00. The number of carbonyl (C=O) groups is 1. The Kier molecular flexibility index (Phi) is 7.62. The van der Waals surface area contributed by atoms with Crippen LogP contribution in [0.25, 0.3) is 0 Å². The Morgan fingerprint density at radius 3 is 2.34 bits per heavy atom. The van der Waals surface area contributed by atoms with E-state index in [1.165, 1.54) is 22.5 Å². The van der Waals surface area contributed by atoms with E-state index in [4.69, 9.17) is 11.6 Å². The zero-order valence-electron chi connectivity index (χ0n) is 16.4. The molecule has 0 unspecified atom stereocenters. The monoisotopic (exact) mass is 452 g/mol. The van der Waals surface area contributed by atoms with E-state index in [2.05, 4.69) is 5.32 Å². The SMILES string of the molecule is CSc1ccc(CNC(=O)c2cc(S(=O)(=O)N3CCCCCC3)ccc2Cl)cc1. The van der Waals surface area contributed by atoms with Crippen LogP contribution in [0.4, 0.5) is 0 Å². The van der Waals surface area contributed by atoms with E-state index < -0.39 is 15.9 Å². The summed E-state index contributed by atoms with van der Waals surface area (Å²) >= 11 is 7.85. The summed E-state index contributed by atoms with van der Waals surface area (Å²) in [6.45, 7) is 1.37. The third-order valence-corrected chi connectivity index (χ3v) is 7.97. The number of amides is 1. The Balaban J connectivity index is 1.75. The fourth-order valence-electron chi connectivity index (χ4n) is 3.29. The smallest absolute Gasteiger partial charge is 0.253 e. The Morgan fingerprint density at radius 1 is 1.07 bits per heavy atom. The summed E-state index contributed by atoms with van der Waals surface area (Å²) < 4.78 is 27.5. The van der Waals surface area contributed by atoms with Crippen LogP contribution in [0.1, 0.15) is 41.6 Å². The van der Waals surface area contributed by atoms with Gasteiger partial charge in [-0.1, -0.05) is 36.6 Å². The number of sulfonamides is 1. The van der Waals surface area contributed by atoms with E-state index in [0.717, 1.165) is 36.1 Å². The van der Waals surface area contributed by atoms with Crippen LogP contribution in [-0.4, -0.2) is 38.0 Å². The second-order valence-corrected chi connectivity index (χ2v) is 10.2. The standard InChI is InChI=1S/C21H25ClN2O3S2/c1-28-17-8-6-16(7-9-17)15-23-21(25)19-14-18(10-11-20(19)22)29(26,27)24-12-4-2-3-5-13-24/h6-11,14H,2-5,12-13,15H2,1H3,(H,23,25). The van der Waals surface area contributed by atoms with Gasteiger partial charge in [-0.05, 0) is 55.0 Å². The number of nitrogens with one attached hydrogen (secondary N) is 1. The Bertz CT molecular complexity index is 954. The van der Waals surface area contributed by atoms with Crippen molar-refractivity contribution < 1.29 is 13.2 Å². The molecular formula is C21H25ClN2O3S2. The first kappa shape index (κ1) is 22.2. The Hall–Kier alpha value is -1.54. The van der Waals surface area contributed by atoms with Crippen molar-refractivity contribution in [1.29, 1.82) is 0 Å². The van der Waals surface area contributed by atoms with Gasteiger partial charge < -0.3 is 5.32 Å². The molecule has 0 atom stereocenters. The van der Waals surface area contributed by atoms with Gasteiger partial charge in [-0.25, -0.2) is 8.42 Å².